The van der Waals surface area contributed by atoms with E-state index < -0.39 is 12.5 Å². The van der Waals surface area contributed by atoms with Crippen LogP contribution in [0, 0.1) is 5.41 Å². The lowest BCUT2D eigenvalue weighted by atomic mass is 9.89. The third-order valence-electron chi connectivity index (χ3n) is 1.55. The Kier molecular flexibility index (Phi) is 3.93. The molecular weight excluding hydrogens is 148 g/mol. The van der Waals surface area contributed by atoms with Crippen LogP contribution in [0.5, 0.6) is 0 Å². The quantitative estimate of drug-likeness (QED) is 0.682. The summed E-state index contributed by atoms with van der Waals surface area (Å²) in [5, 5.41) is 0. The lowest BCUT2D eigenvalue weighted by Crippen LogP contribution is -2.29. The number of nitrogens with two attached hydrogens (primary N) is 1. The van der Waals surface area contributed by atoms with Crippen LogP contribution in [0.3, 0.4) is 0 Å². The minimum Gasteiger partial charge on any atom is -0.323 e. The van der Waals surface area contributed by atoms with Gasteiger partial charge >= 0.3 is 0 Å². The van der Waals surface area contributed by atoms with Crippen molar-refractivity contribution in [3.8, 4) is 0 Å². The number of hydrogen-bond donors (Lipinski definition) is 1. The predicted molar refractivity (Wildman–Crippen MR) is 42.7 cm³/mol. The Morgan fingerprint density at radius 3 is 2.00 bits per heavy atom. The molecule has 0 saturated heterocycles. The fourth-order valence-electron chi connectivity index (χ4n) is 0.726. The van der Waals surface area contributed by atoms with Gasteiger partial charge in [0.25, 0.3) is 6.43 Å². The summed E-state index contributed by atoms with van der Waals surface area (Å²) >= 11 is 0. The molecule has 68 valence electrons. The predicted octanol–water partition coefficient (Wildman–Crippen LogP) is 2.41. The van der Waals surface area contributed by atoms with Crippen LogP contribution in [0.25, 0.3) is 0 Å². The Morgan fingerprint density at radius 1 is 1.27 bits per heavy atom. The third kappa shape index (κ3) is 6.23. The first-order valence-electron chi connectivity index (χ1n) is 3.86. The van der Waals surface area contributed by atoms with Gasteiger partial charge in [-0.25, -0.2) is 8.78 Å². The van der Waals surface area contributed by atoms with Crippen molar-refractivity contribution in [2.24, 2.45) is 11.1 Å². The van der Waals surface area contributed by atoms with E-state index in [2.05, 4.69) is 0 Å². The SMILES string of the molecule is CC(C)(C)CCC(N)C(F)F. The zero-order valence-electron chi connectivity index (χ0n) is 7.40. The largest absolute Gasteiger partial charge is 0.323 e. The third-order valence-corrected chi connectivity index (χ3v) is 1.55. The van der Waals surface area contributed by atoms with Crippen molar-refractivity contribution in [1.82, 2.24) is 0 Å². The molecule has 0 bridgehead atoms. The average molecular weight is 165 g/mol. The van der Waals surface area contributed by atoms with E-state index in [1.807, 2.05) is 20.8 Å². The molecule has 0 amide bonds. The average Bonchev–Trinajstić information content (AvgIpc) is 1.80. The lowest BCUT2D eigenvalue weighted by molar-refractivity contribution is 0.106. The highest BCUT2D eigenvalue weighted by Crippen LogP contribution is 2.22. The van der Waals surface area contributed by atoms with Gasteiger partial charge in [0.15, 0.2) is 0 Å². The Hall–Kier alpha value is -0.180. The maximum atomic E-state index is 11.9. The number of hydrogen-bond acceptors (Lipinski definition) is 1. The molecule has 0 aromatic rings. The van der Waals surface area contributed by atoms with E-state index in [1.165, 1.54) is 0 Å². The molecule has 0 radical (unpaired) electrons. The highest BCUT2D eigenvalue weighted by molar-refractivity contribution is 4.69. The van der Waals surface area contributed by atoms with Crippen molar-refractivity contribution in [2.45, 2.75) is 46.1 Å². The van der Waals surface area contributed by atoms with Crippen LogP contribution in [0.1, 0.15) is 33.6 Å². The molecule has 2 N–H and O–H groups in total. The molecule has 1 unspecified atom stereocenters. The summed E-state index contributed by atoms with van der Waals surface area (Å²) < 4.78 is 23.8. The minimum atomic E-state index is -2.38. The molecule has 0 aliphatic heterocycles. The Balaban J connectivity index is 3.54. The summed E-state index contributed by atoms with van der Waals surface area (Å²) in [6.07, 6.45) is -1.23. The van der Waals surface area contributed by atoms with Crippen molar-refractivity contribution in [2.75, 3.05) is 0 Å². The zero-order valence-corrected chi connectivity index (χ0v) is 7.40. The summed E-state index contributed by atoms with van der Waals surface area (Å²) in [5.41, 5.74) is 5.28. The molecule has 0 heterocycles. The summed E-state index contributed by atoms with van der Waals surface area (Å²) in [7, 11) is 0. The molecule has 0 aromatic carbocycles. The van der Waals surface area contributed by atoms with E-state index in [4.69, 9.17) is 5.73 Å². The molecule has 0 aliphatic rings. The molecule has 0 saturated carbocycles. The monoisotopic (exact) mass is 165 g/mol. The first-order chi connectivity index (χ1) is 4.83. The highest BCUT2D eigenvalue weighted by atomic mass is 19.3. The van der Waals surface area contributed by atoms with Gasteiger partial charge in [-0.1, -0.05) is 20.8 Å². The van der Waals surface area contributed by atoms with E-state index in [9.17, 15) is 8.78 Å². The van der Waals surface area contributed by atoms with Gasteiger partial charge in [0, 0.05) is 0 Å². The van der Waals surface area contributed by atoms with Crippen LogP contribution in [0.2, 0.25) is 0 Å². The van der Waals surface area contributed by atoms with Crippen molar-refractivity contribution in [1.29, 1.82) is 0 Å². The van der Waals surface area contributed by atoms with E-state index in [1.54, 1.807) is 0 Å². The van der Waals surface area contributed by atoms with Crippen LogP contribution >= 0.6 is 0 Å². The van der Waals surface area contributed by atoms with Gasteiger partial charge in [0.1, 0.15) is 0 Å². The molecule has 0 rings (SSSR count). The molecule has 1 nitrogen and oxygen atoms in total. The molecule has 11 heavy (non-hydrogen) atoms. The van der Waals surface area contributed by atoms with Gasteiger partial charge < -0.3 is 5.73 Å². The highest BCUT2D eigenvalue weighted by Gasteiger charge is 2.18. The summed E-state index contributed by atoms with van der Waals surface area (Å²) in [5.74, 6) is 0. The number of alkyl halides is 2. The topological polar surface area (TPSA) is 26.0 Å². The number of rotatable bonds is 3. The van der Waals surface area contributed by atoms with E-state index in [-0.39, 0.29) is 5.41 Å². The van der Waals surface area contributed by atoms with Gasteiger partial charge in [0.2, 0.25) is 0 Å². The molecule has 0 aromatic heterocycles. The van der Waals surface area contributed by atoms with Crippen molar-refractivity contribution in [3.63, 3.8) is 0 Å². The molecule has 0 fully saturated rings. The fraction of sp³-hybridized carbons (Fsp3) is 1.00. The van der Waals surface area contributed by atoms with Crippen LogP contribution in [-0.4, -0.2) is 12.5 Å². The van der Waals surface area contributed by atoms with Crippen molar-refractivity contribution < 1.29 is 8.78 Å². The van der Waals surface area contributed by atoms with Gasteiger partial charge in [-0.3, -0.25) is 0 Å². The first kappa shape index (κ1) is 10.8. The molecule has 3 heteroatoms. The van der Waals surface area contributed by atoms with E-state index in [0.717, 1.165) is 6.42 Å². The number of halogens is 2. The second-order valence-corrected chi connectivity index (χ2v) is 4.10. The maximum absolute atomic E-state index is 11.9. The van der Waals surface area contributed by atoms with E-state index in [0.29, 0.717) is 6.42 Å². The van der Waals surface area contributed by atoms with Crippen molar-refractivity contribution in [3.05, 3.63) is 0 Å². The Morgan fingerprint density at radius 2 is 1.73 bits per heavy atom. The Labute approximate surface area is 67.0 Å². The maximum Gasteiger partial charge on any atom is 0.253 e. The molecular formula is C8H17F2N. The molecule has 0 spiro atoms. The smallest absolute Gasteiger partial charge is 0.253 e. The fourth-order valence-corrected chi connectivity index (χ4v) is 0.726. The molecule has 1 atom stereocenters. The van der Waals surface area contributed by atoms with Crippen molar-refractivity contribution >= 4 is 0 Å². The van der Waals surface area contributed by atoms with Crippen LogP contribution in [0.4, 0.5) is 8.78 Å². The second-order valence-electron chi connectivity index (χ2n) is 4.10. The molecule has 0 aliphatic carbocycles. The van der Waals surface area contributed by atoms with Gasteiger partial charge in [0.05, 0.1) is 6.04 Å². The second kappa shape index (κ2) is 4.00. The Bertz CT molecular complexity index is 107. The summed E-state index contributed by atoms with van der Waals surface area (Å²) in [6.45, 7) is 6.06. The van der Waals surface area contributed by atoms with Crippen LogP contribution in [0.15, 0.2) is 0 Å². The van der Waals surface area contributed by atoms with Gasteiger partial charge in [-0.15, -0.1) is 0 Å². The minimum absolute atomic E-state index is 0.104. The lowest BCUT2D eigenvalue weighted by Gasteiger charge is -2.20. The van der Waals surface area contributed by atoms with Gasteiger partial charge in [-0.2, -0.15) is 0 Å². The summed E-state index contributed by atoms with van der Waals surface area (Å²) in [6, 6.07) is -0.950. The first-order valence-corrected chi connectivity index (χ1v) is 3.86. The zero-order chi connectivity index (χ0) is 9.07. The normalized spacial score (nSPS) is 15.5. The van der Waals surface area contributed by atoms with Gasteiger partial charge in [-0.05, 0) is 18.3 Å². The van der Waals surface area contributed by atoms with Crippen LogP contribution in [-0.2, 0) is 0 Å². The summed E-state index contributed by atoms with van der Waals surface area (Å²) in [4.78, 5) is 0. The van der Waals surface area contributed by atoms with E-state index >= 15 is 0 Å². The standard InChI is InChI=1S/C8H17F2N/c1-8(2,3)5-4-6(11)7(9)10/h6-7H,4-5,11H2,1-3H3. The van der Waals surface area contributed by atoms with Crippen LogP contribution < -0.4 is 5.73 Å².